The molecule has 1 N–H and O–H groups in total. The molecule has 0 unspecified atom stereocenters. The van der Waals surface area contributed by atoms with Gasteiger partial charge in [0.15, 0.2) is 0 Å². The first kappa shape index (κ1) is 16.1. The Morgan fingerprint density at radius 1 is 1.14 bits per heavy atom. The van der Waals surface area contributed by atoms with Crippen molar-refractivity contribution in [1.29, 1.82) is 0 Å². The number of anilines is 1. The molecule has 21 heavy (non-hydrogen) atoms. The lowest BCUT2D eigenvalue weighted by Crippen LogP contribution is -2.07. The smallest absolute Gasteiger partial charge is 0.133 e. The fourth-order valence-electron chi connectivity index (χ4n) is 1.89. The Kier molecular flexibility index (Phi) is 5.88. The number of benzene rings is 1. The van der Waals surface area contributed by atoms with E-state index >= 15 is 0 Å². The van der Waals surface area contributed by atoms with Crippen molar-refractivity contribution in [3.8, 4) is 0 Å². The number of aryl methyl sites for hydroxylation is 1. The molecule has 0 saturated heterocycles. The Balaban J connectivity index is 2.11. The van der Waals surface area contributed by atoms with Crippen molar-refractivity contribution in [3.63, 3.8) is 0 Å². The van der Waals surface area contributed by atoms with Gasteiger partial charge in [0.25, 0.3) is 0 Å². The zero-order valence-corrected chi connectivity index (χ0v) is 14.2. The molecule has 3 nitrogen and oxygen atoms in total. The van der Waals surface area contributed by atoms with Crippen LogP contribution in [0.3, 0.4) is 0 Å². The van der Waals surface area contributed by atoms with E-state index in [0.29, 0.717) is 0 Å². The van der Waals surface area contributed by atoms with Crippen LogP contribution in [0.1, 0.15) is 30.3 Å². The van der Waals surface area contributed by atoms with Crippen LogP contribution in [0.5, 0.6) is 0 Å². The first-order valence-corrected chi connectivity index (χ1v) is 8.43. The molecule has 5 heteroatoms. The molecular formula is C16H20ClN3S. The van der Waals surface area contributed by atoms with Crippen molar-refractivity contribution in [3.05, 3.63) is 46.2 Å². The molecule has 0 amide bonds. The summed E-state index contributed by atoms with van der Waals surface area (Å²) >= 11 is 7.64. The Morgan fingerprint density at radius 2 is 1.86 bits per heavy atom. The highest BCUT2D eigenvalue weighted by atomic mass is 35.5. The van der Waals surface area contributed by atoms with Crippen LogP contribution in [0.4, 0.5) is 5.82 Å². The number of hydrogen-bond acceptors (Lipinski definition) is 4. The van der Waals surface area contributed by atoms with Crippen LogP contribution in [0.15, 0.2) is 29.3 Å². The normalized spacial score (nSPS) is 10.7. The molecular weight excluding hydrogens is 302 g/mol. The first-order valence-electron chi connectivity index (χ1n) is 7.06. The van der Waals surface area contributed by atoms with Gasteiger partial charge in [-0.2, -0.15) is 0 Å². The van der Waals surface area contributed by atoms with Crippen LogP contribution in [0.25, 0.3) is 0 Å². The van der Waals surface area contributed by atoms with Crippen LogP contribution in [-0.2, 0) is 5.75 Å². The highest BCUT2D eigenvalue weighted by molar-refractivity contribution is 7.98. The van der Waals surface area contributed by atoms with E-state index in [1.165, 1.54) is 5.56 Å². The van der Waals surface area contributed by atoms with E-state index in [9.17, 15) is 0 Å². The standard InChI is InChI=1S/C16H20ClN3S/c1-4-9-18-15-11(2)16(20-12(3)19-15)21-10-13-5-7-14(17)8-6-13/h5-8H,4,9-10H2,1-3H3,(H,18,19,20). The average Bonchev–Trinajstić information content (AvgIpc) is 2.48. The third-order valence-corrected chi connectivity index (χ3v) is 4.44. The van der Waals surface area contributed by atoms with Crippen LogP contribution in [-0.4, -0.2) is 16.5 Å². The molecule has 0 saturated carbocycles. The highest BCUT2D eigenvalue weighted by Crippen LogP contribution is 2.28. The predicted molar refractivity (Wildman–Crippen MR) is 91.3 cm³/mol. The number of rotatable bonds is 6. The van der Waals surface area contributed by atoms with Gasteiger partial charge in [-0.15, -0.1) is 11.8 Å². The Morgan fingerprint density at radius 3 is 2.52 bits per heavy atom. The number of thioether (sulfide) groups is 1. The Labute approximate surface area is 135 Å². The first-order chi connectivity index (χ1) is 10.1. The summed E-state index contributed by atoms with van der Waals surface area (Å²) in [5, 5.41) is 5.17. The molecule has 0 spiro atoms. The predicted octanol–water partition coefficient (Wildman–Crippen LogP) is 4.86. The van der Waals surface area contributed by atoms with Gasteiger partial charge in [0.1, 0.15) is 16.7 Å². The maximum absolute atomic E-state index is 5.91. The molecule has 0 aliphatic rings. The van der Waals surface area contributed by atoms with Crippen LogP contribution in [0, 0.1) is 13.8 Å². The Hall–Kier alpha value is -1.26. The zero-order valence-electron chi connectivity index (χ0n) is 12.6. The molecule has 1 heterocycles. The van der Waals surface area contributed by atoms with Crippen molar-refractivity contribution in [1.82, 2.24) is 9.97 Å². The average molecular weight is 322 g/mol. The third-order valence-electron chi connectivity index (χ3n) is 3.04. The van der Waals surface area contributed by atoms with Crippen molar-refractivity contribution < 1.29 is 0 Å². The van der Waals surface area contributed by atoms with E-state index in [4.69, 9.17) is 11.6 Å². The maximum atomic E-state index is 5.91. The molecule has 0 fully saturated rings. The lowest BCUT2D eigenvalue weighted by molar-refractivity contribution is 0.908. The molecule has 2 rings (SSSR count). The fourth-order valence-corrected chi connectivity index (χ4v) is 3.02. The SMILES string of the molecule is CCCNc1nc(C)nc(SCc2ccc(Cl)cc2)c1C. The maximum Gasteiger partial charge on any atom is 0.133 e. The highest BCUT2D eigenvalue weighted by Gasteiger charge is 2.09. The second-order valence-corrected chi connectivity index (χ2v) is 6.29. The van der Waals surface area contributed by atoms with E-state index < -0.39 is 0 Å². The van der Waals surface area contributed by atoms with Gasteiger partial charge in [0, 0.05) is 22.9 Å². The van der Waals surface area contributed by atoms with Crippen molar-refractivity contribution in [2.24, 2.45) is 0 Å². The van der Waals surface area contributed by atoms with Gasteiger partial charge in [0.05, 0.1) is 0 Å². The number of nitrogens with zero attached hydrogens (tertiary/aromatic N) is 2. The third kappa shape index (κ3) is 4.61. The van der Waals surface area contributed by atoms with Crippen molar-refractivity contribution >= 4 is 29.2 Å². The largest absolute Gasteiger partial charge is 0.370 e. The molecule has 112 valence electrons. The van der Waals surface area contributed by atoms with Crippen molar-refractivity contribution in [2.45, 2.75) is 38.0 Å². The number of hydrogen-bond donors (Lipinski definition) is 1. The molecule has 0 aliphatic carbocycles. The molecule has 0 atom stereocenters. The number of halogens is 1. The minimum Gasteiger partial charge on any atom is -0.370 e. The number of aromatic nitrogens is 2. The number of nitrogens with one attached hydrogen (secondary N) is 1. The molecule has 1 aromatic heterocycles. The summed E-state index contributed by atoms with van der Waals surface area (Å²) in [4.78, 5) is 9.04. The lowest BCUT2D eigenvalue weighted by Gasteiger charge is -2.12. The van der Waals surface area contributed by atoms with E-state index in [1.54, 1.807) is 11.8 Å². The van der Waals surface area contributed by atoms with Gasteiger partial charge in [-0.3, -0.25) is 0 Å². The fraction of sp³-hybridized carbons (Fsp3) is 0.375. The van der Waals surface area contributed by atoms with Gasteiger partial charge >= 0.3 is 0 Å². The zero-order chi connectivity index (χ0) is 15.2. The van der Waals surface area contributed by atoms with Gasteiger partial charge in [-0.05, 0) is 38.0 Å². The second kappa shape index (κ2) is 7.66. The lowest BCUT2D eigenvalue weighted by atomic mass is 10.2. The summed E-state index contributed by atoms with van der Waals surface area (Å²) in [6, 6.07) is 7.94. The van der Waals surface area contributed by atoms with E-state index in [2.05, 4.69) is 41.3 Å². The summed E-state index contributed by atoms with van der Waals surface area (Å²) < 4.78 is 0. The van der Waals surface area contributed by atoms with Gasteiger partial charge < -0.3 is 5.32 Å². The van der Waals surface area contributed by atoms with Gasteiger partial charge in [0.2, 0.25) is 0 Å². The summed E-state index contributed by atoms with van der Waals surface area (Å²) in [6.45, 7) is 7.08. The van der Waals surface area contributed by atoms with Crippen LogP contribution in [0.2, 0.25) is 5.02 Å². The van der Waals surface area contributed by atoms with E-state index in [-0.39, 0.29) is 0 Å². The topological polar surface area (TPSA) is 37.8 Å². The molecule has 0 aliphatic heterocycles. The monoisotopic (exact) mass is 321 g/mol. The van der Waals surface area contributed by atoms with Gasteiger partial charge in [-0.25, -0.2) is 9.97 Å². The Bertz CT molecular complexity index is 599. The van der Waals surface area contributed by atoms with E-state index in [0.717, 1.165) is 46.0 Å². The second-order valence-electron chi connectivity index (χ2n) is 4.89. The molecule has 0 radical (unpaired) electrons. The minimum atomic E-state index is 0.767. The summed E-state index contributed by atoms with van der Waals surface area (Å²) in [7, 11) is 0. The molecule has 2 aromatic rings. The van der Waals surface area contributed by atoms with Gasteiger partial charge in [-0.1, -0.05) is 30.7 Å². The van der Waals surface area contributed by atoms with Crippen molar-refractivity contribution in [2.75, 3.05) is 11.9 Å². The summed E-state index contributed by atoms with van der Waals surface area (Å²) in [5.74, 6) is 2.63. The minimum absolute atomic E-state index is 0.767. The molecule has 0 bridgehead atoms. The van der Waals surface area contributed by atoms with E-state index in [1.807, 2.05) is 19.1 Å². The molecule has 1 aromatic carbocycles. The quantitative estimate of drug-likeness (QED) is 0.609. The summed E-state index contributed by atoms with van der Waals surface area (Å²) in [5.41, 5.74) is 2.36. The van der Waals surface area contributed by atoms with Crippen LogP contribution < -0.4 is 5.32 Å². The van der Waals surface area contributed by atoms with Crippen LogP contribution >= 0.6 is 23.4 Å². The summed E-state index contributed by atoms with van der Waals surface area (Å²) in [6.07, 6.45) is 1.08.